The summed E-state index contributed by atoms with van der Waals surface area (Å²) in [6.45, 7) is 14.8. The van der Waals surface area contributed by atoms with Crippen LogP contribution in [0.4, 0.5) is 14.5 Å². The second kappa shape index (κ2) is 44.0. The summed E-state index contributed by atoms with van der Waals surface area (Å²) in [6.07, 6.45) is 0.511. The van der Waals surface area contributed by atoms with Crippen molar-refractivity contribution >= 4 is 52.9 Å². The number of carbonyl (C=O) groups excluding carboxylic acids is 7. The molecule has 1 heterocycles. The largest absolute Gasteiger partial charge is 0.457 e. The second-order valence-corrected chi connectivity index (χ2v) is 25.4. The van der Waals surface area contributed by atoms with E-state index in [9.17, 15) is 34.2 Å². The van der Waals surface area contributed by atoms with E-state index in [4.69, 9.17) is 80.6 Å². The lowest BCUT2D eigenvalue weighted by atomic mass is 9.44. The number of benzene rings is 2. The number of ether oxygens (including phenoxy) is 15. The summed E-state index contributed by atoms with van der Waals surface area (Å²) in [5.74, 6) is -2.29. The fourth-order valence-corrected chi connectivity index (χ4v) is 13.3. The van der Waals surface area contributed by atoms with Crippen LogP contribution >= 0.6 is 11.8 Å². The highest BCUT2D eigenvalue weighted by Gasteiger charge is 2.80. The topological polar surface area (TPSA) is 334 Å². The molecule has 554 valence electrons. The zero-order chi connectivity index (χ0) is 71.4. The Balaban J connectivity index is 0.00000505. The van der Waals surface area contributed by atoms with Crippen LogP contribution in [0.25, 0.3) is 0 Å². The third-order valence-corrected chi connectivity index (χ3v) is 18.9. The van der Waals surface area contributed by atoms with Crippen molar-refractivity contribution in [2.45, 2.75) is 94.1 Å². The van der Waals surface area contributed by atoms with Crippen molar-refractivity contribution in [3.8, 4) is 11.5 Å². The van der Waals surface area contributed by atoms with Gasteiger partial charge in [-0.05, 0) is 99.4 Å². The molecule has 27 nitrogen and oxygen atoms in total. The van der Waals surface area contributed by atoms with Gasteiger partial charge in [0.15, 0.2) is 29.1 Å². The normalized spacial score (nSPS) is 25.2. The SMILES string of the molecule is CSC(C)C(=O)NCCC(=O)NCCOCCOCCOCCOCCOCCOCCOCCOCCOCCOCCOCCOCCC(=O)Nc1ccc(Oc2ccc([C@@H]3O[C@@H]4C[C@H]5[C@@H]6C[C@H](F)C7=CC(=O)C=C[C@]7(C)[C@@]6(F)[C@@H](O)C[C@]5(C)[C@]4(C(=O)CO)O3)cc2)cc1.O=C=O. The Morgan fingerprint density at radius 1 is 0.636 bits per heavy atom. The quantitative estimate of drug-likeness (QED) is 0.0572. The molecule has 4 aliphatic carbocycles. The van der Waals surface area contributed by atoms with E-state index in [2.05, 4.69) is 16.0 Å². The molecule has 0 radical (unpaired) electrons. The Labute approximate surface area is 580 Å². The van der Waals surface area contributed by atoms with Gasteiger partial charge in [-0.15, -0.1) is 0 Å². The van der Waals surface area contributed by atoms with E-state index < -0.39 is 76.8 Å². The van der Waals surface area contributed by atoms with Gasteiger partial charge >= 0.3 is 6.15 Å². The minimum Gasteiger partial charge on any atom is -0.457 e. The molecule has 5 aliphatic rings. The molecule has 11 atom stereocenters. The van der Waals surface area contributed by atoms with Crippen LogP contribution in [0.15, 0.2) is 72.3 Å². The molecule has 7 rings (SSSR count). The molecule has 0 aromatic heterocycles. The number of aliphatic hydroxyl groups is 2. The summed E-state index contributed by atoms with van der Waals surface area (Å²) in [6, 6.07) is 13.7. The van der Waals surface area contributed by atoms with E-state index in [1.807, 2.05) is 13.2 Å². The first-order valence-electron chi connectivity index (χ1n) is 33.5. The average molecular weight is 1420 g/mol. The summed E-state index contributed by atoms with van der Waals surface area (Å²) in [5, 5.41) is 30.3. The Bertz CT molecular complexity index is 2860. The first kappa shape index (κ1) is 82.4. The summed E-state index contributed by atoms with van der Waals surface area (Å²) in [4.78, 5) is 78.6. The molecule has 3 saturated carbocycles. The summed E-state index contributed by atoms with van der Waals surface area (Å²) < 4.78 is 119. The zero-order valence-electron chi connectivity index (χ0n) is 57.1. The lowest BCUT2D eigenvalue weighted by Gasteiger charge is -2.63. The average Bonchev–Trinajstić information content (AvgIpc) is 1.57. The molecule has 1 saturated heterocycles. The first-order chi connectivity index (χ1) is 47.9. The predicted molar refractivity (Wildman–Crippen MR) is 352 cm³/mol. The van der Waals surface area contributed by atoms with Gasteiger partial charge in [-0.1, -0.05) is 25.1 Å². The van der Waals surface area contributed by atoms with Crippen LogP contribution in [-0.4, -0.2) is 265 Å². The van der Waals surface area contributed by atoms with E-state index >= 15 is 8.78 Å². The number of halogens is 2. The number of fused-ring (bicyclic) bond motifs is 7. The summed E-state index contributed by atoms with van der Waals surface area (Å²) in [7, 11) is 0. The molecule has 5 N–H and O–H groups in total. The Kier molecular flexibility index (Phi) is 36.7. The monoisotopic (exact) mass is 1420 g/mol. The van der Waals surface area contributed by atoms with Gasteiger partial charge in [0.25, 0.3) is 0 Å². The lowest BCUT2D eigenvalue weighted by molar-refractivity contribution is -0.235. The standard InChI is InChI=1S/C68H99F2N3O22S.CO2/c1-48(96-4)63(80)72-17-14-61(78)71-18-20-82-22-24-84-26-28-86-30-32-88-34-36-90-38-40-92-42-41-91-39-37-89-35-33-87-31-29-85-27-25-83-23-21-81-19-15-62(79)73-50-7-11-53(12-8-50)93-52-9-5-49(6-10-52)64-94-60-45-54-55-44-57(69)56-43-51(75)13-16-65(56,2)67(55,70)58(76)46-66(54,3)68(60,95-64)59(77)47-74;2-1-3/h5-13,16,43,48,54-55,57-58,60,64,74,76H,14-15,17-42,44-47H2,1-4H3,(H,71,78)(H,72,80)(H,73,79);/t48?,54-,55-,57-,58-,60+,64+,65-,66-,67-,68+;/m0./s1. The number of amides is 3. The number of hydrogen-bond acceptors (Lipinski definition) is 25. The third-order valence-electron chi connectivity index (χ3n) is 18.0. The number of carbonyl (C=O) groups is 5. The number of rotatable bonds is 50. The highest BCUT2D eigenvalue weighted by Crippen LogP contribution is 2.72. The van der Waals surface area contributed by atoms with Crippen LogP contribution in [-0.2, 0) is 99.9 Å². The van der Waals surface area contributed by atoms with Gasteiger partial charge in [0.05, 0.1) is 182 Å². The molecule has 2 aromatic carbocycles. The van der Waals surface area contributed by atoms with E-state index in [1.165, 1.54) is 30.8 Å². The predicted octanol–water partition coefficient (Wildman–Crippen LogP) is 4.44. The van der Waals surface area contributed by atoms with Crippen molar-refractivity contribution in [2.75, 3.05) is 190 Å². The van der Waals surface area contributed by atoms with Crippen LogP contribution in [0.1, 0.15) is 64.7 Å². The first-order valence-corrected chi connectivity index (χ1v) is 34.8. The molecule has 4 fully saturated rings. The maximum absolute atomic E-state index is 17.8. The van der Waals surface area contributed by atoms with Crippen molar-refractivity contribution < 1.29 is 124 Å². The number of nitrogens with one attached hydrogen (secondary N) is 3. The zero-order valence-corrected chi connectivity index (χ0v) is 57.9. The van der Waals surface area contributed by atoms with E-state index in [1.54, 1.807) is 55.5 Å². The van der Waals surface area contributed by atoms with Gasteiger partial charge < -0.3 is 97.2 Å². The van der Waals surface area contributed by atoms with Crippen molar-refractivity contribution in [3.05, 3.63) is 77.9 Å². The van der Waals surface area contributed by atoms with Crippen molar-refractivity contribution in [3.63, 3.8) is 0 Å². The van der Waals surface area contributed by atoms with Gasteiger partial charge in [0, 0.05) is 47.5 Å². The minimum atomic E-state index is -2.35. The molecule has 1 unspecified atom stereocenters. The van der Waals surface area contributed by atoms with Crippen LogP contribution in [0, 0.1) is 22.7 Å². The number of alkyl halides is 2. The van der Waals surface area contributed by atoms with E-state index in [-0.39, 0.29) is 73.4 Å². The van der Waals surface area contributed by atoms with Gasteiger partial charge in [0.2, 0.25) is 17.7 Å². The highest BCUT2D eigenvalue weighted by molar-refractivity contribution is 7.99. The third kappa shape index (κ3) is 24.3. The fourth-order valence-electron chi connectivity index (χ4n) is 13.0. The number of allylic oxidation sites excluding steroid dienone is 4. The minimum absolute atomic E-state index is 0.00456. The number of ketones is 2. The van der Waals surface area contributed by atoms with Crippen LogP contribution in [0.3, 0.4) is 0 Å². The lowest BCUT2D eigenvalue weighted by Crippen LogP contribution is -2.70. The number of hydrogen-bond donors (Lipinski definition) is 5. The second-order valence-electron chi connectivity index (χ2n) is 24.2. The smallest absolute Gasteiger partial charge is 0.373 e. The number of Topliss-reactive ketones (excluding diaryl/α,β-unsaturated/α-hetero) is 1. The van der Waals surface area contributed by atoms with Gasteiger partial charge in [-0.25, -0.2) is 8.78 Å². The van der Waals surface area contributed by atoms with E-state index in [0.717, 1.165) is 6.08 Å². The number of aliphatic hydroxyl groups excluding tert-OH is 2. The summed E-state index contributed by atoms with van der Waals surface area (Å²) in [5.41, 5.74) is -5.83. The van der Waals surface area contributed by atoms with Gasteiger partial charge in [-0.3, -0.25) is 24.0 Å². The van der Waals surface area contributed by atoms with Crippen molar-refractivity contribution in [2.24, 2.45) is 22.7 Å². The van der Waals surface area contributed by atoms with E-state index in [0.29, 0.717) is 188 Å². The molecule has 1 aliphatic heterocycles. The molecule has 0 spiro atoms. The molecule has 30 heteroatoms. The number of thioether (sulfide) groups is 1. The maximum atomic E-state index is 17.8. The molecule has 99 heavy (non-hydrogen) atoms. The Morgan fingerprint density at radius 2 is 1.09 bits per heavy atom. The van der Waals surface area contributed by atoms with Crippen LogP contribution in [0.5, 0.6) is 11.5 Å². The molecular weight excluding hydrogens is 1320 g/mol. The van der Waals surface area contributed by atoms with Gasteiger partial charge in [0.1, 0.15) is 24.3 Å². The Morgan fingerprint density at radius 3 is 1.56 bits per heavy atom. The molecular formula is C69H99F2N3O24S. The van der Waals surface area contributed by atoms with Gasteiger partial charge in [-0.2, -0.15) is 21.4 Å². The van der Waals surface area contributed by atoms with Crippen molar-refractivity contribution in [1.29, 1.82) is 0 Å². The molecule has 0 bridgehead atoms. The van der Waals surface area contributed by atoms with Crippen LogP contribution < -0.4 is 20.7 Å². The molecule has 2 aromatic rings. The highest BCUT2D eigenvalue weighted by atomic mass is 32.2. The maximum Gasteiger partial charge on any atom is 0.373 e. The van der Waals surface area contributed by atoms with Crippen molar-refractivity contribution in [1.82, 2.24) is 10.6 Å². The van der Waals surface area contributed by atoms with Crippen LogP contribution in [0.2, 0.25) is 0 Å². The summed E-state index contributed by atoms with van der Waals surface area (Å²) >= 11 is 1.45. The molecule has 3 amide bonds. The Hall–Kier alpha value is -5.58. The fraction of sp³-hybridized carbons (Fsp3) is 0.681. The number of anilines is 1.